The molecule has 0 spiro atoms. The number of carbonyl (C=O) groups excluding carboxylic acids is 2. The lowest BCUT2D eigenvalue weighted by atomic mass is 10.1. The minimum Gasteiger partial charge on any atom is -0.455 e. The van der Waals surface area contributed by atoms with Crippen molar-refractivity contribution in [1.82, 2.24) is 4.98 Å². The van der Waals surface area contributed by atoms with Gasteiger partial charge in [0.25, 0.3) is 5.91 Å². The average molecular weight is 429 g/mol. The second-order valence-electron chi connectivity index (χ2n) is 6.69. The van der Waals surface area contributed by atoms with Gasteiger partial charge in [-0.2, -0.15) is 13.2 Å². The fourth-order valence-electron chi connectivity index (χ4n) is 2.05. The number of thiazole rings is 1. The lowest BCUT2D eigenvalue weighted by molar-refractivity contribution is -0.146. The van der Waals surface area contributed by atoms with Crippen molar-refractivity contribution in [3.05, 3.63) is 46.5 Å². The van der Waals surface area contributed by atoms with E-state index in [2.05, 4.69) is 20.3 Å². The predicted octanol–water partition coefficient (Wildman–Crippen LogP) is 4.11. The van der Waals surface area contributed by atoms with Gasteiger partial charge in [0, 0.05) is 10.9 Å². The lowest BCUT2D eigenvalue weighted by Crippen LogP contribution is -2.29. The molecule has 0 atom stereocenters. The number of ether oxygens (including phenoxy) is 1. The Morgan fingerprint density at radius 1 is 1.21 bits per heavy atom. The molecule has 1 aromatic heterocycles. The van der Waals surface area contributed by atoms with Crippen molar-refractivity contribution in [1.29, 1.82) is 0 Å². The molecule has 0 unspecified atom stereocenters. The van der Waals surface area contributed by atoms with Crippen molar-refractivity contribution in [2.24, 2.45) is 5.16 Å². The van der Waals surface area contributed by atoms with Gasteiger partial charge in [-0.15, -0.1) is 11.3 Å². The Bertz CT molecular complexity index is 933. The fourth-order valence-corrected chi connectivity index (χ4v) is 2.74. The highest BCUT2D eigenvalue weighted by atomic mass is 32.1. The molecule has 0 radical (unpaired) electrons. The van der Waals surface area contributed by atoms with Crippen LogP contribution in [0.3, 0.4) is 0 Å². The van der Waals surface area contributed by atoms with Crippen LogP contribution in [-0.2, 0) is 20.5 Å². The number of aromatic nitrogens is 1. The molecule has 2 rings (SSSR count). The highest BCUT2D eigenvalue weighted by molar-refractivity contribution is 7.14. The van der Waals surface area contributed by atoms with Crippen LogP contribution in [0.4, 0.5) is 18.3 Å². The molecule has 156 valence electrons. The predicted molar refractivity (Wildman–Crippen MR) is 101 cm³/mol. The number of carbonyl (C=O) groups is 2. The zero-order chi connectivity index (χ0) is 21.8. The van der Waals surface area contributed by atoms with Gasteiger partial charge in [0.1, 0.15) is 18.4 Å². The zero-order valence-corrected chi connectivity index (χ0v) is 16.8. The first-order valence-electron chi connectivity index (χ1n) is 8.19. The minimum absolute atomic E-state index is 0.0646. The van der Waals surface area contributed by atoms with E-state index >= 15 is 0 Å². The summed E-state index contributed by atoms with van der Waals surface area (Å²) in [5.74, 6) is -1.56. The quantitative estimate of drug-likeness (QED) is 0.439. The van der Waals surface area contributed by atoms with Crippen molar-refractivity contribution >= 4 is 34.1 Å². The summed E-state index contributed by atoms with van der Waals surface area (Å²) < 4.78 is 43.6. The highest BCUT2D eigenvalue weighted by Gasteiger charge is 2.31. The SMILES string of the molecule is CON=C(C(=O)OC(C)(C)C)c1csc(NC(=O)c2cccc(C(F)(F)F)c2)n1. The van der Waals surface area contributed by atoms with Gasteiger partial charge in [0.05, 0.1) is 5.56 Å². The minimum atomic E-state index is -4.57. The zero-order valence-electron chi connectivity index (χ0n) is 16.0. The molecule has 0 saturated heterocycles. The van der Waals surface area contributed by atoms with Crippen molar-refractivity contribution in [2.75, 3.05) is 12.4 Å². The molecule has 0 saturated carbocycles. The van der Waals surface area contributed by atoms with Gasteiger partial charge in [0.2, 0.25) is 5.71 Å². The molecule has 0 aliphatic carbocycles. The molecular formula is C18H18F3N3O4S. The summed E-state index contributed by atoms with van der Waals surface area (Å²) >= 11 is 0.962. The number of nitrogens with one attached hydrogen (secondary N) is 1. The summed E-state index contributed by atoms with van der Waals surface area (Å²) in [4.78, 5) is 33.3. The van der Waals surface area contributed by atoms with Gasteiger partial charge in [0.15, 0.2) is 5.13 Å². The van der Waals surface area contributed by atoms with Crippen molar-refractivity contribution in [3.8, 4) is 0 Å². The van der Waals surface area contributed by atoms with Crippen LogP contribution in [0.1, 0.15) is 42.4 Å². The van der Waals surface area contributed by atoms with Crippen LogP contribution in [0, 0.1) is 0 Å². The van der Waals surface area contributed by atoms with Gasteiger partial charge in [-0.25, -0.2) is 9.78 Å². The van der Waals surface area contributed by atoms with Crippen LogP contribution in [0.25, 0.3) is 0 Å². The molecule has 29 heavy (non-hydrogen) atoms. The number of benzene rings is 1. The van der Waals surface area contributed by atoms with Gasteiger partial charge in [-0.05, 0) is 39.0 Å². The van der Waals surface area contributed by atoms with Gasteiger partial charge in [-0.1, -0.05) is 11.2 Å². The van der Waals surface area contributed by atoms with Gasteiger partial charge < -0.3 is 9.57 Å². The normalized spacial score (nSPS) is 12.4. The number of nitrogens with zero attached hydrogens (tertiary/aromatic N) is 2. The number of amides is 1. The lowest BCUT2D eigenvalue weighted by Gasteiger charge is -2.19. The summed E-state index contributed by atoms with van der Waals surface area (Å²) in [6, 6.07) is 3.99. The molecular weight excluding hydrogens is 411 g/mol. The standard InChI is InChI=1S/C18H18F3N3O4S/c1-17(2,3)28-15(26)13(24-27-4)12-9-29-16(22-12)23-14(25)10-6-5-7-11(8-10)18(19,20)21/h5-9H,1-4H3,(H,22,23,25). The van der Waals surface area contributed by atoms with Crippen LogP contribution < -0.4 is 5.32 Å². The van der Waals surface area contributed by atoms with E-state index in [4.69, 9.17) is 4.74 Å². The topological polar surface area (TPSA) is 89.9 Å². The van der Waals surface area contributed by atoms with Gasteiger partial charge >= 0.3 is 12.1 Å². The summed E-state index contributed by atoms with van der Waals surface area (Å²) in [5, 5.41) is 7.51. The summed E-state index contributed by atoms with van der Waals surface area (Å²) in [6.07, 6.45) is -4.57. The van der Waals surface area contributed by atoms with Crippen LogP contribution >= 0.6 is 11.3 Å². The van der Waals surface area contributed by atoms with Crippen molar-refractivity contribution < 1.29 is 32.3 Å². The van der Waals surface area contributed by atoms with E-state index in [9.17, 15) is 22.8 Å². The summed E-state index contributed by atoms with van der Waals surface area (Å²) in [6.45, 7) is 5.03. The monoisotopic (exact) mass is 429 g/mol. The molecule has 0 aliphatic heterocycles. The fraction of sp³-hybridized carbons (Fsp3) is 0.333. The number of hydrogen-bond acceptors (Lipinski definition) is 7. The number of alkyl halides is 3. The summed E-state index contributed by atoms with van der Waals surface area (Å²) in [7, 11) is 1.24. The van der Waals surface area contributed by atoms with E-state index in [1.54, 1.807) is 20.8 Å². The number of anilines is 1. The maximum atomic E-state index is 12.8. The number of rotatable bonds is 5. The second kappa shape index (κ2) is 8.60. The Balaban J connectivity index is 2.20. The Hall–Kier alpha value is -2.95. The molecule has 2 aromatic rings. The van der Waals surface area contributed by atoms with E-state index in [-0.39, 0.29) is 22.1 Å². The third-order valence-electron chi connectivity index (χ3n) is 3.19. The third kappa shape index (κ3) is 6.28. The third-order valence-corrected chi connectivity index (χ3v) is 3.95. The first-order valence-corrected chi connectivity index (χ1v) is 9.07. The average Bonchev–Trinajstić information content (AvgIpc) is 3.05. The molecule has 0 aliphatic rings. The molecule has 7 nitrogen and oxygen atoms in total. The van der Waals surface area contributed by atoms with E-state index in [0.29, 0.717) is 0 Å². The Morgan fingerprint density at radius 3 is 2.48 bits per heavy atom. The Labute approximate surface area is 168 Å². The summed E-state index contributed by atoms with van der Waals surface area (Å²) in [5.41, 5.74) is -2.02. The number of hydrogen-bond donors (Lipinski definition) is 1. The molecule has 0 bridgehead atoms. The largest absolute Gasteiger partial charge is 0.455 e. The molecule has 11 heteroatoms. The molecule has 1 heterocycles. The first-order chi connectivity index (χ1) is 13.4. The number of halogens is 3. The molecule has 0 fully saturated rings. The molecule has 1 aromatic carbocycles. The van der Waals surface area contributed by atoms with E-state index in [1.807, 2.05) is 0 Å². The van der Waals surface area contributed by atoms with E-state index in [1.165, 1.54) is 18.6 Å². The van der Waals surface area contributed by atoms with Crippen LogP contribution in [-0.4, -0.2) is 35.3 Å². The maximum absolute atomic E-state index is 12.8. The Kier molecular flexibility index (Phi) is 6.62. The number of oxime groups is 1. The smallest absolute Gasteiger partial charge is 0.416 e. The van der Waals surface area contributed by atoms with E-state index in [0.717, 1.165) is 29.5 Å². The second-order valence-corrected chi connectivity index (χ2v) is 7.55. The van der Waals surface area contributed by atoms with E-state index < -0.39 is 29.2 Å². The Morgan fingerprint density at radius 2 is 1.90 bits per heavy atom. The highest BCUT2D eigenvalue weighted by Crippen LogP contribution is 2.29. The van der Waals surface area contributed by atoms with Gasteiger partial charge in [-0.3, -0.25) is 10.1 Å². The van der Waals surface area contributed by atoms with Crippen LogP contribution in [0.15, 0.2) is 34.8 Å². The molecule has 1 amide bonds. The van der Waals surface area contributed by atoms with Crippen molar-refractivity contribution in [3.63, 3.8) is 0 Å². The van der Waals surface area contributed by atoms with Crippen LogP contribution in [0.5, 0.6) is 0 Å². The van der Waals surface area contributed by atoms with Crippen molar-refractivity contribution in [2.45, 2.75) is 32.5 Å². The number of esters is 1. The first kappa shape index (κ1) is 22.3. The maximum Gasteiger partial charge on any atom is 0.416 e. The molecule has 1 N–H and O–H groups in total. The van der Waals surface area contributed by atoms with Crippen LogP contribution in [0.2, 0.25) is 0 Å².